The molecule has 20 heavy (non-hydrogen) atoms. The first-order valence-corrected chi connectivity index (χ1v) is 8.14. The topological polar surface area (TPSA) is 33.2 Å². The van der Waals surface area contributed by atoms with Crippen molar-refractivity contribution in [2.75, 3.05) is 11.9 Å². The molecule has 0 unspecified atom stereocenters. The average molecular weight is 333 g/mol. The molecule has 3 rings (SSSR count). The molecule has 1 aromatic heterocycles. The molecule has 0 atom stereocenters. The monoisotopic (exact) mass is 332 g/mol. The fraction of sp³-hybridized carbons (Fsp3) is 0.375. The standard InChI is InChI=1S/C16H17BrN2O/c17-9-11-19(13-6-2-7-13)16(20)14-8-1-4-12-5-3-10-18-15(12)14/h1,3-5,8,10,13H,2,6-7,9,11H2. The number of alkyl halides is 1. The summed E-state index contributed by atoms with van der Waals surface area (Å²) in [5.74, 6) is 0.110. The SMILES string of the molecule is O=C(c1cccc2cccnc12)N(CCBr)C1CCC1. The quantitative estimate of drug-likeness (QED) is 0.801. The minimum absolute atomic E-state index is 0.110. The molecule has 104 valence electrons. The lowest BCUT2D eigenvalue weighted by Crippen LogP contribution is -2.45. The van der Waals surface area contributed by atoms with E-state index < -0.39 is 0 Å². The Morgan fingerprint density at radius 1 is 1.30 bits per heavy atom. The van der Waals surface area contributed by atoms with E-state index in [9.17, 15) is 4.79 Å². The van der Waals surface area contributed by atoms with Gasteiger partial charge in [-0.25, -0.2) is 0 Å². The van der Waals surface area contributed by atoms with Gasteiger partial charge in [0, 0.05) is 29.5 Å². The number of hydrogen-bond donors (Lipinski definition) is 0. The summed E-state index contributed by atoms with van der Waals surface area (Å²) in [5.41, 5.74) is 1.52. The van der Waals surface area contributed by atoms with Crippen LogP contribution in [0.25, 0.3) is 10.9 Å². The molecule has 1 aliphatic carbocycles. The molecule has 1 heterocycles. The molecule has 0 aliphatic heterocycles. The molecule has 3 nitrogen and oxygen atoms in total. The van der Waals surface area contributed by atoms with Crippen LogP contribution in [0.1, 0.15) is 29.6 Å². The maximum Gasteiger partial charge on any atom is 0.256 e. The van der Waals surface area contributed by atoms with Crippen LogP contribution in [-0.4, -0.2) is 33.7 Å². The third-order valence-electron chi connectivity index (χ3n) is 3.96. The number of hydrogen-bond acceptors (Lipinski definition) is 2. The summed E-state index contributed by atoms with van der Waals surface area (Å²) in [5, 5.41) is 1.83. The van der Waals surface area contributed by atoms with Gasteiger partial charge in [-0.1, -0.05) is 34.1 Å². The Balaban J connectivity index is 1.98. The number of amides is 1. The third kappa shape index (κ3) is 2.44. The summed E-state index contributed by atoms with van der Waals surface area (Å²) >= 11 is 3.45. The number of fused-ring (bicyclic) bond motifs is 1. The van der Waals surface area contributed by atoms with Gasteiger partial charge in [0.2, 0.25) is 0 Å². The highest BCUT2D eigenvalue weighted by Crippen LogP contribution is 2.27. The average Bonchev–Trinajstić information content (AvgIpc) is 2.43. The predicted octanol–water partition coefficient (Wildman–Crippen LogP) is 3.62. The number of nitrogens with zero attached hydrogens (tertiary/aromatic N) is 2. The van der Waals surface area contributed by atoms with Crippen molar-refractivity contribution in [3.8, 4) is 0 Å². The highest BCUT2D eigenvalue weighted by molar-refractivity contribution is 9.09. The first kappa shape index (κ1) is 13.6. The Morgan fingerprint density at radius 3 is 2.80 bits per heavy atom. The van der Waals surface area contributed by atoms with Gasteiger partial charge in [-0.3, -0.25) is 9.78 Å². The van der Waals surface area contributed by atoms with E-state index in [0.717, 1.165) is 41.2 Å². The molecule has 2 aromatic rings. The van der Waals surface area contributed by atoms with Gasteiger partial charge in [-0.05, 0) is 31.4 Å². The smallest absolute Gasteiger partial charge is 0.256 e. The van der Waals surface area contributed by atoms with Gasteiger partial charge in [0.05, 0.1) is 11.1 Å². The molecule has 0 saturated heterocycles. The van der Waals surface area contributed by atoms with E-state index in [1.165, 1.54) is 6.42 Å². The van der Waals surface area contributed by atoms with Crippen LogP contribution in [0, 0.1) is 0 Å². The maximum absolute atomic E-state index is 12.8. The lowest BCUT2D eigenvalue weighted by atomic mass is 9.91. The van der Waals surface area contributed by atoms with E-state index >= 15 is 0 Å². The van der Waals surface area contributed by atoms with Crippen molar-refractivity contribution in [1.29, 1.82) is 0 Å². The summed E-state index contributed by atoms with van der Waals surface area (Å²) in [6, 6.07) is 10.1. The number of aromatic nitrogens is 1. The van der Waals surface area contributed by atoms with Gasteiger partial charge in [0.15, 0.2) is 0 Å². The van der Waals surface area contributed by atoms with Crippen molar-refractivity contribution < 1.29 is 4.79 Å². The molecule has 0 radical (unpaired) electrons. The molecule has 0 spiro atoms. The van der Waals surface area contributed by atoms with Crippen LogP contribution in [0.5, 0.6) is 0 Å². The molecule has 4 heteroatoms. The fourth-order valence-electron chi connectivity index (χ4n) is 2.67. The zero-order chi connectivity index (χ0) is 13.9. The Labute approximate surface area is 127 Å². The Morgan fingerprint density at radius 2 is 2.10 bits per heavy atom. The number of carbonyl (C=O) groups excluding carboxylic acids is 1. The Hall–Kier alpha value is -1.42. The molecule has 1 saturated carbocycles. The lowest BCUT2D eigenvalue weighted by molar-refractivity contribution is 0.0601. The molecular weight excluding hydrogens is 316 g/mol. The summed E-state index contributed by atoms with van der Waals surface area (Å²) < 4.78 is 0. The first-order valence-electron chi connectivity index (χ1n) is 7.02. The van der Waals surface area contributed by atoms with Gasteiger partial charge >= 0.3 is 0 Å². The Bertz CT molecular complexity index is 619. The molecule has 0 N–H and O–H groups in total. The van der Waals surface area contributed by atoms with E-state index in [2.05, 4.69) is 20.9 Å². The van der Waals surface area contributed by atoms with Gasteiger partial charge in [-0.15, -0.1) is 0 Å². The summed E-state index contributed by atoms with van der Waals surface area (Å²) in [4.78, 5) is 19.2. The van der Waals surface area contributed by atoms with E-state index in [1.807, 2.05) is 35.2 Å². The van der Waals surface area contributed by atoms with Crippen molar-refractivity contribution in [1.82, 2.24) is 9.88 Å². The Kier molecular flexibility index (Phi) is 4.01. The largest absolute Gasteiger partial charge is 0.335 e. The predicted molar refractivity (Wildman–Crippen MR) is 84.2 cm³/mol. The van der Waals surface area contributed by atoms with Gasteiger partial charge in [-0.2, -0.15) is 0 Å². The van der Waals surface area contributed by atoms with Gasteiger partial charge < -0.3 is 4.90 Å². The highest BCUT2D eigenvalue weighted by Gasteiger charge is 2.29. The van der Waals surface area contributed by atoms with E-state index in [-0.39, 0.29) is 5.91 Å². The fourth-order valence-corrected chi connectivity index (χ4v) is 3.05. The second kappa shape index (κ2) is 5.92. The van der Waals surface area contributed by atoms with Crippen molar-refractivity contribution in [3.63, 3.8) is 0 Å². The number of carbonyl (C=O) groups is 1. The second-order valence-electron chi connectivity index (χ2n) is 5.15. The number of benzene rings is 1. The van der Waals surface area contributed by atoms with E-state index in [4.69, 9.17) is 0 Å². The minimum atomic E-state index is 0.110. The van der Waals surface area contributed by atoms with E-state index in [0.29, 0.717) is 6.04 Å². The number of para-hydroxylation sites is 1. The van der Waals surface area contributed by atoms with Crippen molar-refractivity contribution in [2.45, 2.75) is 25.3 Å². The minimum Gasteiger partial charge on any atom is -0.335 e. The van der Waals surface area contributed by atoms with E-state index in [1.54, 1.807) is 6.20 Å². The summed E-state index contributed by atoms with van der Waals surface area (Å²) in [7, 11) is 0. The van der Waals surface area contributed by atoms with Crippen molar-refractivity contribution in [2.24, 2.45) is 0 Å². The number of halogens is 1. The molecule has 1 fully saturated rings. The normalized spacial score (nSPS) is 15.1. The zero-order valence-electron chi connectivity index (χ0n) is 11.3. The molecule has 1 aromatic carbocycles. The summed E-state index contributed by atoms with van der Waals surface area (Å²) in [6.45, 7) is 0.757. The third-order valence-corrected chi connectivity index (χ3v) is 4.32. The van der Waals surface area contributed by atoms with Gasteiger partial charge in [0.1, 0.15) is 0 Å². The molecule has 1 amide bonds. The number of rotatable bonds is 4. The van der Waals surface area contributed by atoms with Crippen LogP contribution in [-0.2, 0) is 0 Å². The zero-order valence-corrected chi connectivity index (χ0v) is 12.8. The van der Waals surface area contributed by atoms with Gasteiger partial charge in [0.25, 0.3) is 5.91 Å². The van der Waals surface area contributed by atoms with Crippen LogP contribution in [0.3, 0.4) is 0 Å². The first-order chi connectivity index (χ1) is 9.81. The van der Waals surface area contributed by atoms with Crippen LogP contribution >= 0.6 is 15.9 Å². The number of pyridine rings is 1. The van der Waals surface area contributed by atoms with Crippen molar-refractivity contribution in [3.05, 3.63) is 42.1 Å². The van der Waals surface area contributed by atoms with Crippen LogP contribution in [0.4, 0.5) is 0 Å². The van der Waals surface area contributed by atoms with Crippen LogP contribution in [0.15, 0.2) is 36.5 Å². The highest BCUT2D eigenvalue weighted by atomic mass is 79.9. The van der Waals surface area contributed by atoms with Crippen molar-refractivity contribution >= 4 is 32.7 Å². The molecule has 1 aliphatic rings. The molecule has 0 bridgehead atoms. The lowest BCUT2D eigenvalue weighted by Gasteiger charge is -2.37. The van der Waals surface area contributed by atoms with Crippen LogP contribution in [0.2, 0.25) is 0 Å². The molecular formula is C16H17BrN2O. The maximum atomic E-state index is 12.8. The summed E-state index contributed by atoms with van der Waals surface area (Å²) in [6.07, 6.45) is 5.22. The van der Waals surface area contributed by atoms with Crippen LogP contribution < -0.4 is 0 Å². The second-order valence-corrected chi connectivity index (χ2v) is 5.95.